The average Bonchev–Trinajstić information content (AvgIpc) is 2.76. The molecule has 7 heteroatoms. The Bertz CT molecular complexity index is 991. The Balaban J connectivity index is 1.47. The number of nitrogens with zero attached hydrogens (tertiary/aromatic N) is 1. The van der Waals surface area contributed by atoms with Crippen LogP contribution in [0.1, 0.15) is 36.8 Å². The van der Waals surface area contributed by atoms with Crippen LogP contribution in [-0.4, -0.2) is 34.1 Å². The van der Waals surface area contributed by atoms with E-state index in [0.717, 1.165) is 47.9 Å². The first-order valence-corrected chi connectivity index (χ1v) is 12.6. The molecule has 0 spiro atoms. The maximum Gasteiger partial charge on any atom is 0.325 e. The van der Waals surface area contributed by atoms with Crippen molar-refractivity contribution < 1.29 is 19.1 Å². The highest BCUT2D eigenvalue weighted by Gasteiger charge is 2.12. The SMILES string of the molecule is O=P(O)(O)CCCNCc1ccc(OCCCCCc2ccccc2)c2cccnc12. The molecule has 0 aliphatic rings. The molecule has 0 aliphatic heterocycles. The van der Waals surface area contributed by atoms with Crippen LogP contribution in [0, 0.1) is 0 Å². The Morgan fingerprint density at radius 3 is 2.58 bits per heavy atom. The van der Waals surface area contributed by atoms with Gasteiger partial charge in [-0.15, -0.1) is 0 Å². The first-order chi connectivity index (χ1) is 15.0. The lowest BCUT2D eigenvalue weighted by Crippen LogP contribution is -2.16. The van der Waals surface area contributed by atoms with Gasteiger partial charge in [-0.05, 0) is 68.0 Å². The maximum atomic E-state index is 10.9. The van der Waals surface area contributed by atoms with E-state index in [9.17, 15) is 4.57 Å². The Hall–Kier alpha value is -2.24. The first-order valence-electron chi connectivity index (χ1n) is 10.8. The van der Waals surface area contributed by atoms with Gasteiger partial charge < -0.3 is 19.8 Å². The fraction of sp³-hybridized carbons (Fsp3) is 0.375. The number of nitrogens with one attached hydrogen (secondary N) is 1. The molecule has 0 unspecified atom stereocenters. The molecule has 1 aromatic heterocycles. The lowest BCUT2D eigenvalue weighted by molar-refractivity contribution is 0.308. The standard InChI is InChI=1S/C24H31N2O4P/c27-31(28,29)18-8-15-25-19-21-13-14-23(22-12-7-16-26-24(21)22)30-17-6-2-5-11-20-9-3-1-4-10-20/h1,3-4,7,9-10,12-14,16,25H,2,5-6,8,11,15,17-19H2,(H2,27,28,29). The molecule has 6 nitrogen and oxygen atoms in total. The molecule has 166 valence electrons. The van der Waals surface area contributed by atoms with Gasteiger partial charge in [-0.1, -0.05) is 36.4 Å². The second kappa shape index (κ2) is 12.0. The minimum Gasteiger partial charge on any atom is -0.493 e. The quantitative estimate of drug-likeness (QED) is 0.263. The Kier molecular flexibility index (Phi) is 9.04. The number of aromatic nitrogens is 1. The lowest BCUT2D eigenvalue weighted by atomic mass is 10.1. The number of ether oxygens (including phenoxy) is 1. The lowest BCUT2D eigenvalue weighted by Gasteiger charge is -2.13. The number of pyridine rings is 1. The third-order valence-corrected chi connectivity index (χ3v) is 6.04. The molecule has 2 aromatic carbocycles. The summed E-state index contributed by atoms with van der Waals surface area (Å²) in [6.07, 6.45) is 6.50. The number of benzene rings is 2. The van der Waals surface area contributed by atoms with Crippen molar-refractivity contribution in [1.82, 2.24) is 10.3 Å². The van der Waals surface area contributed by atoms with Gasteiger partial charge >= 0.3 is 7.60 Å². The van der Waals surface area contributed by atoms with E-state index in [2.05, 4.69) is 34.6 Å². The predicted molar refractivity (Wildman–Crippen MR) is 124 cm³/mol. The van der Waals surface area contributed by atoms with Gasteiger partial charge in [0, 0.05) is 18.1 Å². The number of fused-ring (bicyclic) bond motifs is 1. The maximum absolute atomic E-state index is 10.9. The number of hydrogen-bond donors (Lipinski definition) is 3. The normalized spacial score (nSPS) is 11.7. The van der Waals surface area contributed by atoms with Crippen molar-refractivity contribution in [2.75, 3.05) is 19.3 Å². The van der Waals surface area contributed by atoms with Crippen molar-refractivity contribution in [3.8, 4) is 5.75 Å². The summed E-state index contributed by atoms with van der Waals surface area (Å²) in [6, 6.07) is 18.5. The predicted octanol–water partition coefficient (Wildman–Crippen LogP) is 4.68. The van der Waals surface area contributed by atoms with Crippen LogP contribution in [0.4, 0.5) is 0 Å². The molecule has 0 saturated heterocycles. The molecule has 0 fully saturated rings. The molecule has 0 atom stereocenters. The van der Waals surface area contributed by atoms with Crippen LogP contribution >= 0.6 is 7.60 Å². The highest BCUT2D eigenvalue weighted by Crippen LogP contribution is 2.34. The van der Waals surface area contributed by atoms with Crippen molar-refractivity contribution in [1.29, 1.82) is 0 Å². The molecule has 0 bridgehead atoms. The zero-order valence-electron chi connectivity index (χ0n) is 17.7. The van der Waals surface area contributed by atoms with Crippen LogP contribution in [-0.2, 0) is 17.5 Å². The topological polar surface area (TPSA) is 91.7 Å². The monoisotopic (exact) mass is 442 g/mol. The van der Waals surface area contributed by atoms with Gasteiger partial charge in [-0.2, -0.15) is 0 Å². The fourth-order valence-electron chi connectivity index (χ4n) is 3.54. The van der Waals surface area contributed by atoms with E-state index in [1.807, 2.05) is 30.3 Å². The summed E-state index contributed by atoms with van der Waals surface area (Å²) in [4.78, 5) is 22.4. The summed E-state index contributed by atoms with van der Waals surface area (Å²) >= 11 is 0. The van der Waals surface area contributed by atoms with Gasteiger partial charge in [0.15, 0.2) is 0 Å². The average molecular weight is 442 g/mol. The van der Waals surface area contributed by atoms with Crippen molar-refractivity contribution in [3.63, 3.8) is 0 Å². The molecule has 31 heavy (non-hydrogen) atoms. The number of hydrogen-bond acceptors (Lipinski definition) is 4. The van der Waals surface area contributed by atoms with E-state index in [0.29, 0.717) is 26.1 Å². The highest BCUT2D eigenvalue weighted by molar-refractivity contribution is 7.51. The molecule has 1 heterocycles. The highest BCUT2D eigenvalue weighted by atomic mass is 31.2. The van der Waals surface area contributed by atoms with Gasteiger partial charge in [0.1, 0.15) is 5.75 Å². The first kappa shape index (κ1) is 23.4. The summed E-state index contributed by atoms with van der Waals surface area (Å²) in [5, 5.41) is 4.23. The molecule has 0 saturated carbocycles. The van der Waals surface area contributed by atoms with Gasteiger partial charge in [-0.3, -0.25) is 9.55 Å². The van der Waals surface area contributed by atoms with E-state index in [-0.39, 0.29) is 6.16 Å². The zero-order chi connectivity index (χ0) is 21.9. The second-order valence-electron chi connectivity index (χ2n) is 7.69. The summed E-state index contributed by atoms with van der Waals surface area (Å²) in [6.45, 7) is 1.81. The van der Waals surface area contributed by atoms with Crippen molar-refractivity contribution >= 4 is 18.5 Å². The second-order valence-corrected chi connectivity index (χ2v) is 9.46. The largest absolute Gasteiger partial charge is 0.493 e. The molecule has 0 amide bonds. The molecule has 0 aliphatic carbocycles. The van der Waals surface area contributed by atoms with Crippen LogP contribution < -0.4 is 10.1 Å². The van der Waals surface area contributed by atoms with E-state index < -0.39 is 7.60 Å². The Labute approximate surface area is 183 Å². The number of aryl methyl sites for hydroxylation is 1. The van der Waals surface area contributed by atoms with Gasteiger partial charge in [0.05, 0.1) is 18.3 Å². The summed E-state index contributed by atoms with van der Waals surface area (Å²) in [5.74, 6) is 0.844. The molecule has 3 rings (SSSR count). The molecule has 0 radical (unpaired) electrons. The molecular weight excluding hydrogens is 411 g/mol. The van der Waals surface area contributed by atoms with Gasteiger partial charge in [-0.25, -0.2) is 0 Å². The van der Waals surface area contributed by atoms with Crippen LogP contribution in [0.3, 0.4) is 0 Å². The van der Waals surface area contributed by atoms with E-state index in [1.54, 1.807) is 6.20 Å². The fourth-order valence-corrected chi connectivity index (χ4v) is 4.11. The smallest absolute Gasteiger partial charge is 0.325 e. The third kappa shape index (κ3) is 8.08. The number of rotatable bonds is 13. The zero-order valence-corrected chi connectivity index (χ0v) is 18.6. The minimum atomic E-state index is -3.93. The number of unbranched alkanes of at least 4 members (excludes halogenated alkanes) is 2. The summed E-state index contributed by atoms with van der Waals surface area (Å²) < 4.78 is 17.0. The van der Waals surface area contributed by atoms with Crippen molar-refractivity contribution in [3.05, 3.63) is 71.9 Å². The molecule has 3 N–H and O–H groups in total. The van der Waals surface area contributed by atoms with Crippen molar-refractivity contribution in [2.24, 2.45) is 0 Å². The van der Waals surface area contributed by atoms with Gasteiger partial charge in [0.2, 0.25) is 0 Å². The third-order valence-electron chi connectivity index (χ3n) is 5.14. The van der Waals surface area contributed by atoms with E-state index >= 15 is 0 Å². The Morgan fingerprint density at radius 1 is 0.935 bits per heavy atom. The Morgan fingerprint density at radius 2 is 1.77 bits per heavy atom. The molecule has 3 aromatic rings. The van der Waals surface area contributed by atoms with E-state index in [1.165, 1.54) is 5.56 Å². The van der Waals surface area contributed by atoms with E-state index in [4.69, 9.17) is 14.5 Å². The van der Waals surface area contributed by atoms with Crippen LogP contribution in [0.5, 0.6) is 5.75 Å². The summed E-state index contributed by atoms with van der Waals surface area (Å²) in [7, 11) is -3.93. The molecular formula is C24H31N2O4P. The van der Waals surface area contributed by atoms with Crippen LogP contribution in [0.25, 0.3) is 10.9 Å². The van der Waals surface area contributed by atoms with Crippen molar-refractivity contribution in [2.45, 2.75) is 38.6 Å². The van der Waals surface area contributed by atoms with Crippen LogP contribution in [0.2, 0.25) is 0 Å². The summed E-state index contributed by atoms with van der Waals surface area (Å²) in [5.41, 5.74) is 3.32. The minimum absolute atomic E-state index is 0.100. The van der Waals surface area contributed by atoms with Gasteiger partial charge in [0.25, 0.3) is 0 Å². The van der Waals surface area contributed by atoms with Crippen LogP contribution in [0.15, 0.2) is 60.8 Å².